The van der Waals surface area contributed by atoms with Gasteiger partial charge in [-0.2, -0.15) is 18.3 Å². The normalized spacial score (nSPS) is 18.2. The lowest BCUT2D eigenvalue weighted by Gasteiger charge is -2.41. The van der Waals surface area contributed by atoms with Crippen LogP contribution < -0.4 is 0 Å². The topological polar surface area (TPSA) is 54.3 Å². The first-order chi connectivity index (χ1) is 18.1. The average molecular weight is 546 g/mol. The molecule has 3 heterocycles. The van der Waals surface area contributed by atoms with Gasteiger partial charge < -0.3 is 0 Å². The van der Waals surface area contributed by atoms with Crippen molar-refractivity contribution in [1.29, 1.82) is 0 Å². The van der Waals surface area contributed by atoms with Crippen LogP contribution in [0, 0.1) is 19.7 Å². The molecule has 38 heavy (non-hydrogen) atoms. The molecule has 1 aliphatic rings. The Hall–Kier alpha value is -3.15. The molecule has 5 rings (SSSR count). The van der Waals surface area contributed by atoms with Crippen molar-refractivity contribution in [1.82, 2.24) is 24.0 Å². The summed E-state index contributed by atoms with van der Waals surface area (Å²) in [4.78, 5) is 6.53. The fourth-order valence-corrected chi connectivity index (χ4v) is 6.19. The second-order valence-corrected chi connectivity index (χ2v) is 11.0. The van der Waals surface area contributed by atoms with Gasteiger partial charge in [0.1, 0.15) is 16.8 Å². The van der Waals surface area contributed by atoms with Crippen molar-refractivity contribution in [3.05, 3.63) is 83.6 Å². The third-order valence-electron chi connectivity index (χ3n) is 6.94. The Kier molecular flexibility index (Phi) is 7.34. The fraction of sp³-hybridized carbons (Fsp3) is 0.333. The monoisotopic (exact) mass is 545 g/mol. The van der Waals surface area contributed by atoms with Crippen molar-refractivity contribution < 1.29 is 21.8 Å². The summed E-state index contributed by atoms with van der Waals surface area (Å²) >= 11 is 0. The van der Waals surface area contributed by atoms with Crippen molar-refractivity contribution in [2.24, 2.45) is 0 Å². The Morgan fingerprint density at radius 3 is 2.50 bits per heavy atom. The Morgan fingerprint density at radius 2 is 1.79 bits per heavy atom. The van der Waals surface area contributed by atoms with Crippen LogP contribution in [0.5, 0.6) is 0 Å². The average Bonchev–Trinajstić information content (AvgIpc) is 3.29. The maximum absolute atomic E-state index is 13.5. The number of halogens is 4. The lowest BCUT2D eigenvalue weighted by atomic mass is 9.96. The summed E-state index contributed by atoms with van der Waals surface area (Å²) in [5.41, 5.74) is 4.10. The van der Waals surface area contributed by atoms with Gasteiger partial charge in [-0.3, -0.25) is 9.88 Å². The molecule has 1 saturated heterocycles. The zero-order valence-corrected chi connectivity index (χ0v) is 21.8. The van der Waals surface area contributed by atoms with E-state index in [1.807, 2.05) is 35.2 Å². The quantitative estimate of drug-likeness (QED) is 0.300. The molecule has 6 nitrogen and oxygen atoms in total. The second kappa shape index (κ2) is 10.5. The van der Waals surface area contributed by atoms with Crippen LogP contribution in [0.15, 0.2) is 66.0 Å². The molecule has 0 bridgehead atoms. The molecule has 0 radical (unpaired) electrons. The standard InChI is InChI=1S/C27H27F4N5OS/c1-18-7-9-32-16-26(18)38(37)35-12-11-34(10-8-27(29,30)31)25(17-35)23-14-20-15-33-36(24(20)13-19(23)2)22-5-3-21(28)4-6-22/h3-7,9,13-16,25H,8,10-12,17H2,1-2H3. The number of rotatable bonds is 6. The molecular weight excluding hydrogens is 518 g/mol. The minimum Gasteiger partial charge on any atom is -0.293 e. The molecule has 0 aliphatic carbocycles. The number of benzene rings is 2. The lowest BCUT2D eigenvalue weighted by molar-refractivity contribution is -0.140. The molecule has 11 heteroatoms. The minimum atomic E-state index is -4.27. The number of nitrogens with zero attached hydrogens (tertiary/aromatic N) is 5. The summed E-state index contributed by atoms with van der Waals surface area (Å²) in [7, 11) is -1.49. The zero-order chi connectivity index (χ0) is 27.0. The molecule has 0 N–H and O–H groups in total. The molecule has 2 atom stereocenters. The maximum atomic E-state index is 13.5. The van der Waals surface area contributed by atoms with E-state index in [0.717, 1.165) is 27.6 Å². The van der Waals surface area contributed by atoms with E-state index in [9.17, 15) is 21.8 Å². The Bertz CT molecular complexity index is 1470. The summed E-state index contributed by atoms with van der Waals surface area (Å²) in [5.74, 6) is -0.344. The van der Waals surface area contributed by atoms with Crippen molar-refractivity contribution in [3.63, 3.8) is 0 Å². The van der Waals surface area contributed by atoms with Crippen molar-refractivity contribution in [2.45, 2.75) is 37.4 Å². The zero-order valence-electron chi connectivity index (χ0n) is 21.0. The van der Waals surface area contributed by atoms with Crippen LogP contribution in [0.4, 0.5) is 17.6 Å². The number of piperazine rings is 1. The highest BCUT2D eigenvalue weighted by atomic mass is 32.2. The molecule has 2 aromatic carbocycles. The highest BCUT2D eigenvalue weighted by Crippen LogP contribution is 2.34. The lowest BCUT2D eigenvalue weighted by Crippen LogP contribution is -2.49. The highest BCUT2D eigenvalue weighted by molar-refractivity contribution is 7.82. The molecule has 1 aliphatic heterocycles. The molecule has 4 aromatic rings. The van der Waals surface area contributed by atoms with E-state index in [0.29, 0.717) is 30.2 Å². The third kappa shape index (κ3) is 5.50. The van der Waals surface area contributed by atoms with Gasteiger partial charge in [0.25, 0.3) is 0 Å². The van der Waals surface area contributed by atoms with Crippen LogP contribution in [-0.2, 0) is 11.0 Å². The van der Waals surface area contributed by atoms with Gasteiger partial charge in [0.15, 0.2) is 0 Å². The first kappa shape index (κ1) is 26.5. The smallest absolute Gasteiger partial charge is 0.293 e. The van der Waals surface area contributed by atoms with E-state index in [1.54, 1.807) is 41.5 Å². The molecule has 2 unspecified atom stereocenters. The van der Waals surface area contributed by atoms with E-state index >= 15 is 0 Å². The van der Waals surface area contributed by atoms with Gasteiger partial charge in [0.2, 0.25) is 0 Å². The van der Waals surface area contributed by atoms with E-state index < -0.39 is 29.6 Å². The first-order valence-electron chi connectivity index (χ1n) is 12.2. The number of hydrogen-bond donors (Lipinski definition) is 0. The number of alkyl halides is 3. The highest BCUT2D eigenvalue weighted by Gasteiger charge is 2.35. The SMILES string of the molecule is Cc1cc2c(cnn2-c2ccc(F)cc2)cc1C1CN(S(=O)c2cnccc2C)CCN1CCC(F)(F)F. The molecule has 0 saturated carbocycles. The number of aryl methyl sites for hydroxylation is 2. The van der Waals surface area contributed by atoms with E-state index in [2.05, 4.69) is 10.1 Å². The van der Waals surface area contributed by atoms with Gasteiger partial charge in [0, 0.05) is 50.0 Å². The van der Waals surface area contributed by atoms with Crippen LogP contribution in [0.25, 0.3) is 16.6 Å². The van der Waals surface area contributed by atoms with Gasteiger partial charge in [0.05, 0.1) is 28.7 Å². The predicted octanol–water partition coefficient (Wildman–Crippen LogP) is 5.51. The van der Waals surface area contributed by atoms with Crippen molar-refractivity contribution in [2.75, 3.05) is 26.2 Å². The van der Waals surface area contributed by atoms with Crippen molar-refractivity contribution in [3.8, 4) is 5.69 Å². The van der Waals surface area contributed by atoms with Crippen molar-refractivity contribution >= 4 is 21.9 Å². The maximum Gasteiger partial charge on any atom is 0.390 e. The fourth-order valence-electron chi connectivity index (χ4n) is 4.89. The van der Waals surface area contributed by atoms with Crippen LogP contribution in [0.2, 0.25) is 0 Å². The number of hydrogen-bond acceptors (Lipinski definition) is 4. The number of pyridine rings is 1. The van der Waals surface area contributed by atoms with Crippen LogP contribution in [-0.4, -0.2) is 60.5 Å². The van der Waals surface area contributed by atoms with Crippen LogP contribution >= 0.6 is 0 Å². The molecule has 1 fully saturated rings. The van der Waals surface area contributed by atoms with E-state index in [-0.39, 0.29) is 12.4 Å². The van der Waals surface area contributed by atoms with Gasteiger partial charge in [-0.05, 0) is 73.0 Å². The molecule has 0 spiro atoms. The third-order valence-corrected chi connectivity index (χ3v) is 8.54. The van der Waals surface area contributed by atoms with Crippen LogP contribution in [0.1, 0.15) is 29.2 Å². The largest absolute Gasteiger partial charge is 0.390 e. The Balaban J connectivity index is 1.50. The summed E-state index contributed by atoms with van der Waals surface area (Å²) in [6.07, 6.45) is -0.277. The minimum absolute atomic E-state index is 0.146. The van der Waals surface area contributed by atoms with E-state index in [4.69, 9.17) is 0 Å². The van der Waals surface area contributed by atoms with Gasteiger partial charge in [-0.1, -0.05) is 0 Å². The van der Waals surface area contributed by atoms with Gasteiger partial charge >= 0.3 is 6.18 Å². The van der Waals surface area contributed by atoms with Gasteiger partial charge in [-0.15, -0.1) is 0 Å². The van der Waals surface area contributed by atoms with Gasteiger partial charge in [-0.25, -0.2) is 17.6 Å². The molecule has 200 valence electrons. The molecule has 0 amide bonds. The number of fused-ring (bicyclic) bond motifs is 1. The molecule has 2 aromatic heterocycles. The second-order valence-electron chi connectivity index (χ2n) is 9.50. The number of aromatic nitrogens is 3. The molecular formula is C27H27F4N5OS. The Morgan fingerprint density at radius 1 is 1.03 bits per heavy atom. The summed E-state index contributed by atoms with van der Waals surface area (Å²) in [6, 6.07) is 11.3. The summed E-state index contributed by atoms with van der Waals surface area (Å²) < 4.78 is 69.9. The predicted molar refractivity (Wildman–Crippen MR) is 138 cm³/mol. The van der Waals surface area contributed by atoms with E-state index in [1.165, 1.54) is 12.1 Å². The van der Waals surface area contributed by atoms with Crippen LogP contribution in [0.3, 0.4) is 0 Å². The first-order valence-corrected chi connectivity index (χ1v) is 13.3. The summed E-state index contributed by atoms with van der Waals surface area (Å²) in [6.45, 7) is 4.66. The Labute approximate surface area is 220 Å². The summed E-state index contributed by atoms with van der Waals surface area (Å²) in [5, 5.41) is 5.28.